The van der Waals surface area contributed by atoms with Gasteiger partial charge in [-0.15, -0.1) is 0 Å². The van der Waals surface area contributed by atoms with Crippen molar-refractivity contribution < 1.29 is 4.74 Å². The molecule has 7 heteroatoms. The summed E-state index contributed by atoms with van der Waals surface area (Å²) >= 11 is 0. The Morgan fingerprint density at radius 1 is 1.17 bits per heavy atom. The minimum Gasteiger partial charge on any atom is -0.497 e. The molecule has 0 aliphatic carbocycles. The van der Waals surface area contributed by atoms with E-state index >= 15 is 0 Å². The highest BCUT2D eigenvalue weighted by Gasteiger charge is 2.11. The number of imidazole rings is 1. The van der Waals surface area contributed by atoms with Gasteiger partial charge in [0.25, 0.3) is 0 Å². The smallest absolute Gasteiger partial charge is 0.180 e. The van der Waals surface area contributed by atoms with E-state index in [4.69, 9.17) is 4.74 Å². The normalized spacial score (nSPS) is 10.9. The lowest BCUT2D eigenvalue weighted by Crippen LogP contribution is -1.98. The Morgan fingerprint density at radius 2 is 2.08 bits per heavy atom. The molecule has 3 heterocycles. The summed E-state index contributed by atoms with van der Waals surface area (Å²) in [5.74, 6) is 1.47. The standard InChI is InChI=1S/C17H16N6O/c1-22-11-12(9-20-22)15-10-19-17-16(18-6-7-23(15)17)21-13-4-3-5-14(8-13)24-2/h3-11H,1-2H3,(H,18,21). The molecule has 120 valence electrons. The van der Waals surface area contributed by atoms with Crippen molar-refractivity contribution in [1.82, 2.24) is 24.1 Å². The molecule has 0 radical (unpaired) electrons. The van der Waals surface area contributed by atoms with Gasteiger partial charge in [-0.3, -0.25) is 9.08 Å². The van der Waals surface area contributed by atoms with Gasteiger partial charge in [-0.25, -0.2) is 9.97 Å². The lowest BCUT2D eigenvalue weighted by Gasteiger charge is -2.08. The predicted molar refractivity (Wildman–Crippen MR) is 91.5 cm³/mol. The maximum absolute atomic E-state index is 5.25. The van der Waals surface area contributed by atoms with E-state index in [0.717, 1.165) is 28.3 Å². The Bertz CT molecular complexity index is 1000. The first-order chi connectivity index (χ1) is 11.7. The highest BCUT2D eigenvalue weighted by molar-refractivity contribution is 5.74. The summed E-state index contributed by atoms with van der Waals surface area (Å²) in [6, 6.07) is 7.69. The van der Waals surface area contributed by atoms with Crippen LogP contribution >= 0.6 is 0 Å². The van der Waals surface area contributed by atoms with Crippen LogP contribution in [-0.4, -0.2) is 31.3 Å². The van der Waals surface area contributed by atoms with Gasteiger partial charge in [-0.05, 0) is 12.1 Å². The van der Waals surface area contributed by atoms with Crippen molar-refractivity contribution >= 4 is 17.2 Å². The highest BCUT2D eigenvalue weighted by atomic mass is 16.5. The number of rotatable bonds is 4. The van der Waals surface area contributed by atoms with Crippen LogP contribution < -0.4 is 10.1 Å². The maximum atomic E-state index is 5.25. The summed E-state index contributed by atoms with van der Waals surface area (Å²) in [6.07, 6.45) is 9.24. The van der Waals surface area contributed by atoms with Crippen LogP contribution in [0.4, 0.5) is 11.5 Å². The van der Waals surface area contributed by atoms with Crippen molar-refractivity contribution in [3.8, 4) is 17.0 Å². The van der Waals surface area contributed by atoms with Gasteiger partial charge in [-0.1, -0.05) is 6.07 Å². The lowest BCUT2D eigenvalue weighted by atomic mass is 10.3. The Morgan fingerprint density at radius 3 is 2.88 bits per heavy atom. The van der Waals surface area contributed by atoms with Gasteiger partial charge in [0.1, 0.15) is 5.75 Å². The van der Waals surface area contributed by atoms with Crippen LogP contribution in [0.3, 0.4) is 0 Å². The van der Waals surface area contributed by atoms with Crippen molar-refractivity contribution in [3.63, 3.8) is 0 Å². The fourth-order valence-electron chi connectivity index (χ4n) is 2.61. The van der Waals surface area contributed by atoms with E-state index in [1.807, 2.05) is 60.5 Å². The first kappa shape index (κ1) is 14.3. The number of aromatic nitrogens is 5. The van der Waals surface area contributed by atoms with Gasteiger partial charge in [0.2, 0.25) is 0 Å². The molecule has 0 amide bonds. The van der Waals surface area contributed by atoms with E-state index in [0.29, 0.717) is 5.82 Å². The number of nitrogens with one attached hydrogen (secondary N) is 1. The van der Waals surface area contributed by atoms with Crippen molar-refractivity contribution in [2.45, 2.75) is 0 Å². The third-order valence-electron chi connectivity index (χ3n) is 3.76. The molecule has 4 aromatic rings. The van der Waals surface area contributed by atoms with E-state index in [1.165, 1.54) is 0 Å². The van der Waals surface area contributed by atoms with Crippen LogP contribution in [0.1, 0.15) is 0 Å². The zero-order valence-electron chi connectivity index (χ0n) is 13.3. The molecule has 1 aromatic carbocycles. The molecule has 0 saturated carbocycles. The van der Waals surface area contributed by atoms with Gasteiger partial charge in [-0.2, -0.15) is 5.10 Å². The van der Waals surface area contributed by atoms with E-state index in [9.17, 15) is 0 Å². The average molecular weight is 320 g/mol. The SMILES string of the molecule is COc1cccc(Nc2nccn3c(-c4cnn(C)c4)cnc23)c1. The molecule has 0 aliphatic heterocycles. The minimum atomic E-state index is 0.681. The van der Waals surface area contributed by atoms with Gasteiger partial charge < -0.3 is 10.1 Å². The van der Waals surface area contributed by atoms with Crippen LogP contribution in [0, 0.1) is 0 Å². The quantitative estimate of drug-likeness (QED) is 0.626. The third-order valence-corrected chi connectivity index (χ3v) is 3.76. The molecular weight excluding hydrogens is 304 g/mol. The van der Waals surface area contributed by atoms with E-state index in [1.54, 1.807) is 18.0 Å². The fraction of sp³-hybridized carbons (Fsp3) is 0.118. The zero-order valence-corrected chi connectivity index (χ0v) is 13.3. The van der Waals surface area contributed by atoms with Gasteiger partial charge in [0.05, 0.1) is 25.2 Å². The molecule has 4 rings (SSSR count). The second-order valence-electron chi connectivity index (χ2n) is 5.37. The number of aryl methyl sites for hydroxylation is 1. The van der Waals surface area contributed by atoms with Gasteiger partial charge in [0.15, 0.2) is 11.5 Å². The van der Waals surface area contributed by atoms with E-state index < -0.39 is 0 Å². The number of hydrogen-bond donors (Lipinski definition) is 1. The van der Waals surface area contributed by atoms with E-state index in [-0.39, 0.29) is 0 Å². The topological polar surface area (TPSA) is 69.3 Å². The van der Waals surface area contributed by atoms with Crippen molar-refractivity contribution in [2.24, 2.45) is 7.05 Å². The van der Waals surface area contributed by atoms with E-state index in [2.05, 4.69) is 20.4 Å². The maximum Gasteiger partial charge on any atom is 0.180 e. The number of fused-ring (bicyclic) bond motifs is 1. The Kier molecular flexibility index (Phi) is 3.38. The van der Waals surface area contributed by atoms with Crippen LogP contribution in [0.5, 0.6) is 5.75 Å². The number of methoxy groups -OCH3 is 1. The van der Waals surface area contributed by atoms with Gasteiger partial charge >= 0.3 is 0 Å². The molecule has 0 bridgehead atoms. The molecule has 3 aromatic heterocycles. The first-order valence-corrected chi connectivity index (χ1v) is 7.47. The number of benzene rings is 1. The van der Waals surface area contributed by atoms with Crippen LogP contribution in [0.2, 0.25) is 0 Å². The van der Waals surface area contributed by atoms with Gasteiger partial charge in [0, 0.05) is 43.0 Å². The van der Waals surface area contributed by atoms with Crippen molar-refractivity contribution in [2.75, 3.05) is 12.4 Å². The monoisotopic (exact) mass is 320 g/mol. The minimum absolute atomic E-state index is 0.681. The highest BCUT2D eigenvalue weighted by Crippen LogP contribution is 2.26. The zero-order chi connectivity index (χ0) is 16.5. The Hall–Kier alpha value is -3.35. The molecule has 0 spiro atoms. The molecule has 24 heavy (non-hydrogen) atoms. The van der Waals surface area contributed by atoms with Crippen LogP contribution in [0.15, 0.2) is 55.2 Å². The molecule has 0 atom stereocenters. The molecule has 7 nitrogen and oxygen atoms in total. The molecule has 0 unspecified atom stereocenters. The predicted octanol–water partition coefficient (Wildman–Crippen LogP) is 2.88. The summed E-state index contributed by atoms with van der Waals surface area (Å²) < 4.78 is 9.02. The summed E-state index contributed by atoms with van der Waals surface area (Å²) in [4.78, 5) is 8.93. The largest absolute Gasteiger partial charge is 0.497 e. The van der Waals surface area contributed by atoms with Crippen molar-refractivity contribution in [1.29, 1.82) is 0 Å². The number of hydrogen-bond acceptors (Lipinski definition) is 5. The lowest BCUT2D eigenvalue weighted by molar-refractivity contribution is 0.415. The number of nitrogens with zero attached hydrogens (tertiary/aromatic N) is 5. The summed E-state index contributed by atoms with van der Waals surface area (Å²) in [5, 5.41) is 7.52. The molecule has 0 saturated heterocycles. The van der Waals surface area contributed by atoms with Crippen LogP contribution in [0.25, 0.3) is 16.9 Å². The molecule has 0 fully saturated rings. The van der Waals surface area contributed by atoms with Crippen LogP contribution in [-0.2, 0) is 7.05 Å². The number of ether oxygens (including phenoxy) is 1. The second-order valence-corrected chi connectivity index (χ2v) is 5.37. The summed E-state index contributed by atoms with van der Waals surface area (Å²) in [5.41, 5.74) is 3.61. The Labute approximate surface area is 138 Å². The molecular formula is C17H16N6O. The first-order valence-electron chi connectivity index (χ1n) is 7.47. The molecule has 0 aliphatic rings. The molecule has 1 N–H and O–H groups in total. The number of anilines is 2. The summed E-state index contributed by atoms with van der Waals surface area (Å²) in [7, 11) is 3.54. The van der Waals surface area contributed by atoms with Crippen molar-refractivity contribution in [3.05, 3.63) is 55.2 Å². The average Bonchev–Trinajstić information content (AvgIpc) is 3.21. The Balaban J connectivity index is 1.75. The fourth-order valence-corrected chi connectivity index (χ4v) is 2.61. The third kappa shape index (κ3) is 2.45. The summed E-state index contributed by atoms with van der Waals surface area (Å²) in [6.45, 7) is 0. The second kappa shape index (κ2) is 5.69.